The lowest BCUT2D eigenvalue weighted by molar-refractivity contribution is -0.121. The van der Waals surface area contributed by atoms with Gasteiger partial charge in [-0.25, -0.2) is 8.78 Å². The van der Waals surface area contributed by atoms with Crippen LogP contribution in [0.1, 0.15) is 40.9 Å². The Balaban J connectivity index is 1.82. The molecule has 132 valence electrons. The summed E-state index contributed by atoms with van der Waals surface area (Å²) in [4.78, 5) is 24.0. The van der Waals surface area contributed by atoms with Gasteiger partial charge in [0.15, 0.2) is 0 Å². The fourth-order valence-electron chi connectivity index (χ4n) is 2.46. The van der Waals surface area contributed by atoms with Crippen molar-refractivity contribution in [1.29, 1.82) is 0 Å². The molecule has 0 aliphatic carbocycles. The van der Waals surface area contributed by atoms with E-state index in [2.05, 4.69) is 10.6 Å². The van der Waals surface area contributed by atoms with Crippen molar-refractivity contribution >= 4 is 11.8 Å². The Kier molecular flexibility index (Phi) is 6.22. The van der Waals surface area contributed by atoms with Gasteiger partial charge in [-0.05, 0) is 31.5 Å². The summed E-state index contributed by atoms with van der Waals surface area (Å²) in [5.41, 5.74) is 1.62. The minimum absolute atomic E-state index is 0.0603. The van der Waals surface area contributed by atoms with Gasteiger partial charge in [-0.2, -0.15) is 0 Å². The third-order valence-corrected chi connectivity index (χ3v) is 3.83. The maximum atomic E-state index is 13.7. The number of hydrogen-bond acceptors (Lipinski definition) is 2. The Morgan fingerprint density at radius 3 is 2.52 bits per heavy atom. The molecule has 0 spiro atoms. The Morgan fingerprint density at radius 2 is 1.84 bits per heavy atom. The van der Waals surface area contributed by atoms with Crippen LogP contribution < -0.4 is 10.6 Å². The first kappa shape index (κ1) is 18.6. The first-order valence-electron chi connectivity index (χ1n) is 7.96. The van der Waals surface area contributed by atoms with Crippen LogP contribution in [0.2, 0.25) is 0 Å². The minimum atomic E-state index is -0.708. The van der Waals surface area contributed by atoms with Gasteiger partial charge >= 0.3 is 0 Å². The van der Waals surface area contributed by atoms with Crippen molar-refractivity contribution in [3.05, 3.63) is 70.8 Å². The predicted molar refractivity (Wildman–Crippen MR) is 91.0 cm³/mol. The molecule has 2 amide bonds. The van der Waals surface area contributed by atoms with Gasteiger partial charge in [-0.3, -0.25) is 9.59 Å². The maximum absolute atomic E-state index is 13.7. The van der Waals surface area contributed by atoms with Crippen LogP contribution in [0, 0.1) is 18.6 Å². The number of carbonyl (C=O) groups excluding carboxylic acids is 2. The first-order valence-corrected chi connectivity index (χ1v) is 7.96. The second-order valence-corrected chi connectivity index (χ2v) is 5.78. The Labute approximate surface area is 145 Å². The molecule has 0 aliphatic heterocycles. The highest BCUT2D eigenvalue weighted by Crippen LogP contribution is 2.17. The second kappa shape index (κ2) is 8.37. The molecule has 0 fully saturated rings. The molecular formula is C19H20F2N2O2. The summed E-state index contributed by atoms with van der Waals surface area (Å²) in [7, 11) is 0. The van der Waals surface area contributed by atoms with Gasteiger partial charge in [0.05, 0.1) is 6.04 Å². The summed E-state index contributed by atoms with van der Waals surface area (Å²) in [6.07, 6.45) is 0.0603. The van der Waals surface area contributed by atoms with Gasteiger partial charge in [0.1, 0.15) is 11.6 Å². The molecule has 0 aliphatic rings. The van der Waals surface area contributed by atoms with E-state index >= 15 is 0 Å². The third-order valence-electron chi connectivity index (χ3n) is 3.83. The fraction of sp³-hybridized carbons (Fsp3) is 0.263. The topological polar surface area (TPSA) is 58.2 Å². The summed E-state index contributed by atoms with van der Waals surface area (Å²) in [6, 6.07) is 9.79. The molecule has 0 saturated heterocycles. The Hall–Kier alpha value is -2.76. The summed E-state index contributed by atoms with van der Waals surface area (Å²) >= 11 is 0. The van der Waals surface area contributed by atoms with E-state index in [-0.39, 0.29) is 30.3 Å². The van der Waals surface area contributed by atoms with Crippen LogP contribution in [0.15, 0.2) is 42.5 Å². The molecule has 25 heavy (non-hydrogen) atoms. The molecule has 0 heterocycles. The highest BCUT2D eigenvalue weighted by Gasteiger charge is 2.14. The third kappa shape index (κ3) is 5.11. The highest BCUT2D eigenvalue weighted by molar-refractivity contribution is 5.95. The van der Waals surface area contributed by atoms with Crippen molar-refractivity contribution < 1.29 is 18.4 Å². The summed E-state index contributed by atoms with van der Waals surface area (Å²) < 4.78 is 26.6. The molecule has 2 rings (SSSR count). The Bertz CT molecular complexity index is 778. The summed E-state index contributed by atoms with van der Waals surface area (Å²) in [5.74, 6) is -1.95. The molecule has 1 atom stereocenters. The molecule has 2 aromatic rings. The van der Waals surface area contributed by atoms with Crippen molar-refractivity contribution in [2.75, 3.05) is 6.54 Å². The lowest BCUT2D eigenvalue weighted by Crippen LogP contribution is -2.32. The molecule has 0 saturated carbocycles. The number of rotatable bonds is 6. The van der Waals surface area contributed by atoms with E-state index in [4.69, 9.17) is 0 Å². The molecule has 6 heteroatoms. The van der Waals surface area contributed by atoms with E-state index in [9.17, 15) is 18.4 Å². The monoisotopic (exact) mass is 346 g/mol. The van der Waals surface area contributed by atoms with Gasteiger partial charge in [0.25, 0.3) is 5.91 Å². The molecule has 0 aromatic heterocycles. The largest absolute Gasteiger partial charge is 0.352 e. The van der Waals surface area contributed by atoms with Gasteiger partial charge in [0, 0.05) is 30.2 Å². The second-order valence-electron chi connectivity index (χ2n) is 5.78. The van der Waals surface area contributed by atoms with Gasteiger partial charge < -0.3 is 10.6 Å². The highest BCUT2D eigenvalue weighted by atomic mass is 19.1. The number of amides is 2. The number of benzene rings is 2. The molecule has 2 N–H and O–H groups in total. The lowest BCUT2D eigenvalue weighted by atomic mass is 10.1. The fourth-order valence-corrected chi connectivity index (χ4v) is 2.46. The van der Waals surface area contributed by atoms with E-state index in [1.807, 2.05) is 19.1 Å². The number of hydrogen-bond donors (Lipinski definition) is 2. The summed E-state index contributed by atoms with van der Waals surface area (Å²) in [6.45, 7) is 3.61. The molecule has 0 bridgehead atoms. The van der Waals surface area contributed by atoms with Crippen LogP contribution in [0.25, 0.3) is 0 Å². The number of aryl methyl sites for hydroxylation is 1. The first-order chi connectivity index (χ1) is 11.9. The van der Waals surface area contributed by atoms with Crippen molar-refractivity contribution in [2.24, 2.45) is 0 Å². The average molecular weight is 346 g/mol. The van der Waals surface area contributed by atoms with Crippen LogP contribution >= 0.6 is 0 Å². The molecule has 2 aromatic carbocycles. The number of carbonyl (C=O) groups is 2. The van der Waals surface area contributed by atoms with Gasteiger partial charge in [-0.15, -0.1) is 0 Å². The molecule has 0 radical (unpaired) electrons. The number of halogens is 2. The molecule has 4 nitrogen and oxygen atoms in total. The zero-order valence-corrected chi connectivity index (χ0v) is 14.1. The van der Waals surface area contributed by atoms with Crippen LogP contribution in [-0.4, -0.2) is 18.4 Å². The van der Waals surface area contributed by atoms with Gasteiger partial charge in [0.2, 0.25) is 5.91 Å². The smallest absolute Gasteiger partial charge is 0.251 e. The lowest BCUT2D eigenvalue weighted by Gasteiger charge is -2.15. The van der Waals surface area contributed by atoms with E-state index in [1.54, 1.807) is 19.1 Å². The zero-order valence-electron chi connectivity index (χ0n) is 14.1. The van der Waals surface area contributed by atoms with Gasteiger partial charge in [-0.1, -0.05) is 24.3 Å². The van der Waals surface area contributed by atoms with Crippen LogP contribution in [0.3, 0.4) is 0 Å². The van der Waals surface area contributed by atoms with E-state index < -0.39 is 17.7 Å². The van der Waals surface area contributed by atoms with Crippen molar-refractivity contribution in [2.45, 2.75) is 26.3 Å². The van der Waals surface area contributed by atoms with Crippen molar-refractivity contribution in [3.63, 3.8) is 0 Å². The average Bonchev–Trinajstić information content (AvgIpc) is 2.54. The quantitative estimate of drug-likeness (QED) is 0.843. The predicted octanol–water partition coefficient (Wildman–Crippen LogP) is 3.27. The normalized spacial score (nSPS) is 11.7. The zero-order chi connectivity index (χ0) is 18.4. The van der Waals surface area contributed by atoms with E-state index in [0.717, 1.165) is 17.7 Å². The van der Waals surface area contributed by atoms with Crippen molar-refractivity contribution in [1.82, 2.24) is 10.6 Å². The van der Waals surface area contributed by atoms with Crippen LogP contribution in [-0.2, 0) is 4.79 Å². The number of nitrogens with one attached hydrogen (secondary N) is 2. The molecular weight excluding hydrogens is 326 g/mol. The standard InChI is InChI=1S/C19H20F2N2O2/c1-12-5-3-4-6-15(12)19(25)22-10-9-18(24)23-13(2)16-8-7-14(20)11-17(16)21/h3-8,11,13H,9-10H2,1-2H3,(H,22,25)(H,23,24). The van der Waals surface area contributed by atoms with Crippen molar-refractivity contribution in [3.8, 4) is 0 Å². The van der Waals surface area contributed by atoms with Crippen LogP contribution in [0.4, 0.5) is 8.78 Å². The minimum Gasteiger partial charge on any atom is -0.352 e. The SMILES string of the molecule is Cc1ccccc1C(=O)NCCC(=O)NC(C)c1ccc(F)cc1F. The molecule has 1 unspecified atom stereocenters. The van der Waals surface area contributed by atoms with Crippen LogP contribution in [0.5, 0.6) is 0 Å². The maximum Gasteiger partial charge on any atom is 0.251 e. The Morgan fingerprint density at radius 1 is 1.12 bits per heavy atom. The van der Waals surface area contributed by atoms with E-state index in [0.29, 0.717) is 5.56 Å². The summed E-state index contributed by atoms with van der Waals surface area (Å²) in [5, 5.41) is 5.31. The van der Waals surface area contributed by atoms with E-state index in [1.165, 1.54) is 6.07 Å².